The van der Waals surface area contributed by atoms with E-state index in [-0.39, 0.29) is 6.10 Å². The Kier molecular flexibility index (Phi) is 3.87. The van der Waals surface area contributed by atoms with E-state index < -0.39 is 0 Å². The lowest BCUT2D eigenvalue weighted by Crippen LogP contribution is -2.53. The number of rotatable bonds is 1. The summed E-state index contributed by atoms with van der Waals surface area (Å²) in [5, 5.41) is 10.2. The zero-order valence-electron chi connectivity index (χ0n) is 16.3. The van der Waals surface area contributed by atoms with Gasteiger partial charge in [0.05, 0.1) is 6.10 Å². The number of pyridine rings is 1. The van der Waals surface area contributed by atoms with Crippen molar-refractivity contribution in [1.29, 1.82) is 0 Å². The number of allylic oxidation sites excluding steroid dienone is 2. The highest BCUT2D eigenvalue weighted by molar-refractivity contribution is 5.72. The monoisotopic (exact) mass is 351 g/mol. The molecule has 5 rings (SSSR count). The smallest absolute Gasteiger partial charge is 0.0543 e. The first-order valence-corrected chi connectivity index (χ1v) is 10.8. The standard InChI is InChI=1S/C24H33NO/c1-23-11-9-18(26)14-17(23)5-6-19-21-8-7-20(16-4-3-13-25-15-16)24(21,2)12-10-22(19)23/h3-4,7,13,15,17-19,21-22,26H,5-6,8-12,14H2,1-2H3/t17-,18-,19?,21?,22?,23-,24+/m0/s1. The van der Waals surface area contributed by atoms with Gasteiger partial charge in [0, 0.05) is 12.4 Å². The fourth-order valence-corrected chi connectivity index (χ4v) is 7.77. The number of aliphatic hydroxyl groups is 1. The van der Waals surface area contributed by atoms with Crippen LogP contribution < -0.4 is 0 Å². The molecule has 1 aromatic rings. The summed E-state index contributed by atoms with van der Waals surface area (Å²) in [7, 11) is 0. The Morgan fingerprint density at radius 2 is 1.96 bits per heavy atom. The Labute approximate surface area is 158 Å². The van der Waals surface area contributed by atoms with Gasteiger partial charge in [0.2, 0.25) is 0 Å². The molecule has 0 aromatic carbocycles. The molecular formula is C24H33NO. The maximum Gasteiger partial charge on any atom is 0.0543 e. The zero-order valence-corrected chi connectivity index (χ0v) is 16.3. The molecule has 1 aromatic heterocycles. The zero-order chi connectivity index (χ0) is 17.9. The summed E-state index contributed by atoms with van der Waals surface area (Å²) in [6, 6.07) is 4.33. The third kappa shape index (κ3) is 2.30. The summed E-state index contributed by atoms with van der Waals surface area (Å²) >= 11 is 0. The summed E-state index contributed by atoms with van der Waals surface area (Å²) in [4.78, 5) is 4.39. The first-order valence-electron chi connectivity index (χ1n) is 10.8. The number of fused-ring (bicyclic) bond motifs is 5. The maximum absolute atomic E-state index is 10.2. The summed E-state index contributed by atoms with van der Waals surface area (Å²) in [5.74, 6) is 3.30. The van der Waals surface area contributed by atoms with Gasteiger partial charge >= 0.3 is 0 Å². The van der Waals surface area contributed by atoms with Crippen LogP contribution in [0.1, 0.15) is 70.8 Å². The van der Waals surface area contributed by atoms with Crippen LogP contribution in [-0.4, -0.2) is 16.2 Å². The molecule has 0 amide bonds. The molecule has 0 bridgehead atoms. The number of hydrogen-bond acceptors (Lipinski definition) is 2. The normalized spacial score (nSPS) is 47.5. The predicted molar refractivity (Wildman–Crippen MR) is 105 cm³/mol. The van der Waals surface area contributed by atoms with Gasteiger partial charge in [-0.3, -0.25) is 4.98 Å². The molecule has 0 spiro atoms. The van der Waals surface area contributed by atoms with Gasteiger partial charge in [-0.05, 0) is 103 Å². The Balaban J connectivity index is 1.44. The van der Waals surface area contributed by atoms with Crippen LogP contribution in [0.2, 0.25) is 0 Å². The van der Waals surface area contributed by atoms with E-state index in [1.54, 1.807) is 5.57 Å². The van der Waals surface area contributed by atoms with Crippen LogP contribution in [0.25, 0.3) is 5.57 Å². The van der Waals surface area contributed by atoms with E-state index in [1.165, 1.54) is 44.1 Å². The van der Waals surface area contributed by atoms with E-state index in [0.717, 1.165) is 36.5 Å². The van der Waals surface area contributed by atoms with Gasteiger partial charge in [-0.1, -0.05) is 26.0 Å². The third-order valence-electron chi connectivity index (χ3n) is 9.19. The van der Waals surface area contributed by atoms with Gasteiger partial charge in [0.25, 0.3) is 0 Å². The third-order valence-corrected chi connectivity index (χ3v) is 9.19. The van der Waals surface area contributed by atoms with Crippen LogP contribution in [0.15, 0.2) is 30.6 Å². The molecule has 3 saturated carbocycles. The van der Waals surface area contributed by atoms with Gasteiger partial charge < -0.3 is 5.11 Å². The first-order chi connectivity index (χ1) is 12.5. The van der Waals surface area contributed by atoms with Gasteiger partial charge in [0.1, 0.15) is 0 Å². The SMILES string of the molecule is C[C@]12CCC3C(CC[C@H]4C[C@@H](O)CC[C@]34C)C1CC=C2c1cccnc1. The van der Waals surface area contributed by atoms with Crippen molar-refractivity contribution in [1.82, 2.24) is 4.98 Å². The molecule has 0 aliphatic heterocycles. The van der Waals surface area contributed by atoms with Crippen molar-refractivity contribution in [3.05, 3.63) is 36.2 Å². The highest BCUT2D eigenvalue weighted by Gasteiger charge is 2.58. The maximum atomic E-state index is 10.2. The minimum atomic E-state index is -0.0381. The highest BCUT2D eigenvalue weighted by Crippen LogP contribution is 2.67. The lowest BCUT2D eigenvalue weighted by molar-refractivity contribution is -0.115. The van der Waals surface area contributed by atoms with Gasteiger partial charge in [-0.15, -0.1) is 0 Å². The molecule has 4 aliphatic carbocycles. The quantitative estimate of drug-likeness (QED) is 0.727. The fourth-order valence-electron chi connectivity index (χ4n) is 7.77. The van der Waals surface area contributed by atoms with E-state index >= 15 is 0 Å². The molecule has 3 fully saturated rings. The van der Waals surface area contributed by atoms with Crippen molar-refractivity contribution in [2.45, 2.75) is 71.3 Å². The highest BCUT2D eigenvalue weighted by atomic mass is 16.3. The Morgan fingerprint density at radius 1 is 1.08 bits per heavy atom. The number of aromatic nitrogens is 1. The van der Waals surface area contributed by atoms with Gasteiger partial charge in [-0.25, -0.2) is 0 Å². The average molecular weight is 352 g/mol. The second-order valence-electron chi connectivity index (χ2n) is 10.1. The summed E-state index contributed by atoms with van der Waals surface area (Å²) in [6.45, 7) is 5.12. The van der Waals surface area contributed by atoms with Crippen LogP contribution >= 0.6 is 0 Å². The van der Waals surface area contributed by atoms with E-state index in [1.807, 2.05) is 6.20 Å². The Bertz CT molecular complexity index is 712. The summed E-state index contributed by atoms with van der Waals surface area (Å²) in [6.07, 6.45) is 16.4. The van der Waals surface area contributed by atoms with Crippen LogP contribution in [0.5, 0.6) is 0 Å². The van der Waals surface area contributed by atoms with Crippen molar-refractivity contribution in [2.24, 2.45) is 34.5 Å². The number of nitrogens with zero attached hydrogens (tertiary/aromatic N) is 1. The van der Waals surface area contributed by atoms with E-state index in [0.29, 0.717) is 10.8 Å². The lowest BCUT2D eigenvalue weighted by Gasteiger charge is -2.60. The topological polar surface area (TPSA) is 33.1 Å². The molecule has 3 unspecified atom stereocenters. The van der Waals surface area contributed by atoms with Crippen molar-refractivity contribution < 1.29 is 5.11 Å². The summed E-state index contributed by atoms with van der Waals surface area (Å²) in [5.41, 5.74) is 3.72. The predicted octanol–water partition coefficient (Wildman–Crippen LogP) is 5.48. The largest absolute Gasteiger partial charge is 0.393 e. The molecule has 0 saturated heterocycles. The summed E-state index contributed by atoms with van der Waals surface area (Å²) < 4.78 is 0. The molecule has 7 atom stereocenters. The molecular weight excluding hydrogens is 318 g/mol. The molecule has 0 radical (unpaired) electrons. The molecule has 1 N–H and O–H groups in total. The van der Waals surface area contributed by atoms with Crippen molar-refractivity contribution in [3.63, 3.8) is 0 Å². The average Bonchev–Trinajstić information content (AvgIpc) is 3.00. The molecule has 140 valence electrons. The second-order valence-corrected chi connectivity index (χ2v) is 10.1. The van der Waals surface area contributed by atoms with Gasteiger partial charge in [-0.2, -0.15) is 0 Å². The molecule has 26 heavy (non-hydrogen) atoms. The number of aliphatic hydroxyl groups excluding tert-OH is 1. The van der Waals surface area contributed by atoms with Crippen LogP contribution in [0, 0.1) is 34.5 Å². The minimum absolute atomic E-state index is 0.0381. The van der Waals surface area contributed by atoms with E-state index in [9.17, 15) is 5.11 Å². The fraction of sp³-hybridized carbons (Fsp3) is 0.708. The minimum Gasteiger partial charge on any atom is -0.393 e. The van der Waals surface area contributed by atoms with E-state index in [4.69, 9.17) is 0 Å². The Hall–Kier alpha value is -1.15. The van der Waals surface area contributed by atoms with Crippen LogP contribution in [0.4, 0.5) is 0 Å². The Morgan fingerprint density at radius 3 is 2.77 bits per heavy atom. The molecule has 2 nitrogen and oxygen atoms in total. The van der Waals surface area contributed by atoms with Crippen molar-refractivity contribution in [2.75, 3.05) is 0 Å². The molecule has 4 aliphatic rings. The van der Waals surface area contributed by atoms with Crippen molar-refractivity contribution in [3.8, 4) is 0 Å². The second kappa shape index (κ2) is 5.92. The van der Waals surface area contributed by atoms with Crippen molar-refractivity contribution >= 4 is 5.57 Å². The van der Waals surface area contributed by atoms with Gasteiger partial charge in [0.15, 0.2) is 0 Å². The molecule has 2 heteroatoms. The van der Waals surface area contributed by atoms with Crippen LogP contribution in [-0.2, 0) is 0 Å². The van der Waals surface area contributed by atoms with E-state index in [2.05, 4.69) is 43.2 Å². The molecule has 1 heterocycles. The first kappa shape index (κ1) is 17.0. The van der Waals surface area contributed by atoms with Crippen LogP contribution in [0.3, 0.4) is 0 Å². The number of hydrogen-bond donors (Lipinski definition) is 1. The lowest BCUT2D eigenvalue weighted by atomic mass is 9.44.